The summed E-state index contributed by atoms with van der Waals surface area (Å²) in [6.45, 7) is -1.20. The van der Waals surface area contributed by atoms with Crippen molar-refractivity contribution in [3.63, 3.8) is 0 Å². The summed E-state index contributed by atoms with van der Waals surface area (Å²) in [5.74, 6) is -0.820. The van der Waals surface area contributed by atoms with Crippen molar-refractivity contribution in [3.8, 4) is 11.5 Å². The van der Waals surface area contributed by atoms with Crippen molar-refractivity contribution in [1.82, 2.24) is 9.21 Å². The summed E-state index contributed by atoms with van der Waals surface area (Å²) in [5, 5.41) is 9.32. The van der Waals surface area contributed by atoms with Gasteiger partial charge < -0.3 is 14.7 Å². The van der Waals surface area contributed by atoms with Gasteiger partial charge in [-0.1, -0.05) is 11.6 Å². The Kier molecular flexibility index (Phi) is 7.49. The minimum Gasteiger partial charge on any atom is -0.480 e. The number of carbonyl (C=O) groups is 2. The Hall–Kier alpha value is -2.84. The van der Waals surface area contributed by atoms with E-state index in [1.165, 1.54) is 29.2 Å². The minimum atomic E-state index is -4.61. The fraction of sp³-hybridized carbons (Fsp3) is 0.263. The number of hydrogen-bond acceptors (Lipinski definition) is 8. The number of aliphatic carboxylic acids is 1. The van der Waals surface area contributed by atoms with Gasteiger partial charge in [0.05, 0.1) is 11.4 Å². The Bertz CT molecular complexity index is 1140. The van der Waals surface area contributed by atoms with Crippen LogP contribution >= 0.6 is 11.6 Å². The second kappa shape index (κ2) is 9.97. The highest BCUT2D eigenvalue weighted by atomic mass is 35.5. The fourth-order valence-electron chi connectivity index (χ4n) is 3.25. The Balaban J connectivity index is 1.91. The number of piperazine rings is 1. The number of sulfonamides is 1. The molecule has 1 aliphatic rings. The normalized spacial score (nSPS) is 17.5. The van der Waals surface area contributed by atoms with Crippen LogP contribution in [-0.2, 0) is 24.4 Å². The van der Waals surface area contributed by atoms with Crippen LogP contribution in [0.2, 0.25) is 5.02 Å². The standard InChI is InChI=1S/C19H18ClF2N3O7S/c20-11-1-3-12(4-2-11)31-18-14(21)7-13(8-15(18)22)33(29,30)25-6-5-24(10-17(26)27)9-16(25)19(28)32-23/h1-4,7-8,16H,5-6,9-10,23H2,(H,26,27)/t16-/m1/s1. The van der Waals surface area contributed by atoms with Gasteiger partial charge in [0.1, 0.15) is 11.8 Å². The van der Waals surface area contributed by atoms with Crippen molar-refractivity contribution in [3.05, 3.63) is 53.1 Å². The Morgan fingerprint density at radius 1 is 1.15 bits per heavy atom. The molecule has 1 atom stereocenters. The summed E-state index contributed by atoms with van der Waals surface area (Å²) in [4.78, 5) is 27.7. The number of carboxylic acids is 1. The predicted octanol–water partition coefficient (Wildman–Crippen LogP) is 1.59. The highest BCUT2D eigenvalue weighted by molar-refractivity contribution is 7.89. The second-order valence-corrected chi connectivity index (χ2v) is 9.30. The SMILES string of the molecule is NOC(=O)[C@H]1CN(CC(=O)O)CCN1S(=O)(=O)c1cc(F)c(Oc2ccc(Cl)cc2)c(F)c1. The summed E-state index contributed by atoms with van der Waals surface area (Å²) in [6, 6.07) is 5.19. The molecule has 178 valence electrons. The second-order valence-electron chi connectivity index (χ2n) is 6.97. The average molecular weight is 506 g/mol. The highest BCUT2D eigenvalue weighted by Crippen LogP contribution is 2.32. The summed E-state index contributed by atoms with van der Waals surface area (Å²) in [5.41, 5.74) is 0. The molecule has 33 heavy (non-hydrogen) atoms. The maximum absolute atomic E-state index is 14.6. The van der Waals surface area contributed by atoms with E-state index in [-0.39, 0.29) is 25.4 Å². The summed E-state index contributed by atoms with van der Waals surface area (Å²) < 4.78 is 61.3. The first-order valence-corrected chi connectivity index (χ1v) is 11.1. The molecule has 1 saturated heterocycles. The smallest absolute Gasteiger partial charge is 0.344 e. The molecule has 1 fully saturated rings. The first kappa shape index (κ1) is 24.8. The van der Waals surface area contributed by atoms with Gasteiger partial charge in [0.25, 0.3) is 0 Å². The molecule has 0 unspecified atom stereocenters. The Morgan fingerprint density at radius 3 is 2.30 bits per heavy atom. The van der Waals surface area contributed by atoms with E-state index in [1.807, 2.05) is 0 Å². The van der Waals surface area contributed by atoms with Crippen molar-refractivity contribution in [2.75, 3.05) is 26.2 Å². The Morgan fingerprint density at radius 2 is 1.76 bits per heavy atom. The predicted molar refractivity (Wildman–Crippen MR) is 110 cm³/mol. The molecule has 0 radical (unpaired) electrons. The van der Waals surface area contributed by atoms with Gasteiger partial charge >= 0.3 is 11.9 Å². The fourth-order valence-corrected chi connectivity index (χ4v) is 4.97. The molecule has 0 aromatic heterocycles. The van der Waals surface area contributed by atoms with Crippen LogP contribution in [0.3, 0.4) is 0 Å². The lowest BCUT2D eigenvalue weighted by molar-refractivity contribution is -0.152. The lowest BCUT2D eigenvalue weighted by Gasteiger charge is -2.38. The number of rotatable bonds is 7. The molecule has 0 saturated carbocycles. The van der Waals surface area contributed by atoms with E-state index in [9.17, 15) is 26.8 Å². The maximum Gasteiger partial charge on any atom is 0.344 e. The lowest BCUT2D eigenvalue weighted by Crippen LogP contribution is -2.59. The van der Waals surface area contributed by atoms with Crippen molar-refractivity contribution >= 4 is 33.6 Å². The van der Waals surface area contributed by atoms with Crippen LogP contribution in [-0.4, -0.2) is 66.9 Å². The van der Waals surface area contributed by atoms with Crippen LogP contribution in [0.25, 0.3) is 0 Å². The zero-order valence-corrected chi connectivity index (χ0v) is 18.4. The molecule has 3 N–H and O–H groups in total. The molecular formula is C19H18ClF2N3O7S. The number of carboxylic acid groups (broad SMARTS) is 1. The quantitative estimate of drug-likeness (QED) is 0.537. The van der Waals surface area contributed by atoms with E-state index in [0.29, 0.717) is 21.5 Å². The third-order valence-electron chi connectivity index (χ3n) is 4.77. The zero-order chi connectivity index (χ0) is 24.3. The first-order chi connectivity index (χ1) is 15.5. The van der Waals surface area contributed by atoms with Crippen LogP contribution < -0.4 is 10.6 Å². The van der Waals surface area contributed by atoms with Crippen LogP contribution in [0.1, 0.15) is 0 Å². The molecule has 3 rings (SSSR count). The van der Waals surface area contributed by atoms with E-state index in [0.717, 1.165) is 0 Å². The third kappa shape index (κ3) is 5.57. The molecule has 1 heterocycles. The summed E-state index contributed by atoms with van der Waals surface area (Å²) in [6.07, 6.45) is 0. The molecule has 14 heteroatoms. The minimum absolute atomic E-state index is 0.0530. The van der Waals surface area contributed by atoms with E-state index < -0.39 is 56.8 Å². The molecule has 2 aromatic carbocycles. The number of ether oxygens (including phenoxy) is 1. The van der Waals surface area contributed by atoms with E-state index in [1.54, 1.807) is 0 Å². The lowest BCUT2D eigenvalue weighted by atomic mass is 10.2. The molecule has 0 bridgehead atoms. The topological polar surface area (TPSA) is 139 Å². The molecule has 0 spiro atoms. The monoisotopic (exact) mass is 505 g/mol. The van der Waals surface area contributed by atoms with Gasteiger partial charge in [-0.2, -0.15) is 10.2 Å². The molecular weight excluding hydrogens is 488 g/mol. The van der Waals surface area contributed by atoms with Crippen LogP contribution in [0.5, 0.6) is 11.5 Å². The zero-order valence-electron chi connectivity index (χ0n) is 16.8. The molecule has 1 aliphatic heterocycles. The maximum atomic E-state index is 14.6. The van der Waals surface area contributed by atoms with Crippen molar-refractivity contribution in [1.29, 1.82) is 0 Å². The van der Waals surface area contributed by atoms with Crippen molar-refractivity contribution in [2.45, 2.75) is 10.9 Å². The highest BCUT2D eigenvalue weighted by Gasteiger charge is 2.42. The van der Waals surface area contributed by atoms with Gasteiger partial charge in [0.15, 0.2) is 17.4 Å². The van der Waals surface area contributed by atoms with Gasteiger partial charge in [0.2, 0.25) is 10.0 Å². The largest absolute Gasteiger partial charge is 0.480 e. The first-order valence-electron chi connectivity index (χ1n) is 9.32. The number of nitrogens with zero attached hydrogens (tertiary/aromatic N) is 2. The van der Waals surface area contributed by atoms with Crippen LogP contribution in [0.4, 0.5) is 8.78 Å². The van der Waals surface area contributed by atoms with Crippen LogP contribution in [0.15, 0.2) is 41.3 Å². The summed E-state index contributed by atoms with van der Waals surface area (Å²) in [7, 11) is -4.61. The van der Waals surface area contributed by atoms with Gasteiger partial charge in [-0.15, -0.1) is 0 Å². The summed E-state index contributed by atoms with van der Waals surface area (Å²) >= 11 is 5.75. The number of halogens is 3. The van der Waals surface area contributed by atoms with Crippen molar-refractivity contribution in [2.24, 2.45) is 5.90 Å². The molecule has 0 aliphatic carbocycles. The third-order valence-corrected chi connectivity index (χ3v) is 6.91. The molecule has 2 aromatic rings. The van der Waals surface area contributed by atoms with Crippen molar-refractivity contribution < 1.29 is 41.5 Å². The number of hydrogen-bond donors (Lipinski definition) is 2. The van der Waals surface area contributed by atoms with Gasteiger partial charge in [-0.05, 0) is 36.4 Å². The van der Waals surface area contributed by atoms with Crippen LogP contribution in [0, 0.1) is 11.6 Å². The van der Waals surface area contributed by atoms with Gasteiger partial charge in [-0.3, -0.25) is 9.69 Å². The van der Waals surface area contributed by atoms with E-state index >= 15 is 0 Å². The Labute approximate surface area is 192 Å². The number of nitrogens with two attached hydrogens (primary N) is 1. The average Bonchev–Trinajstić information content (AvgIpc) is 2.76. The number of benzene rings is 2. The van der Waals surface area contributed by atoms with Gasteiger partial charge in [-0.25, -0.2) is 22.0 Å². The molecule has 0 amide bonds. The van der Waals surface area contributed by atoms with E-state index in [4.69, 9.17) is 27.3 Å². The molecule has 10 nitrogen and oxygen atoms in total. The number of carbonyl (C=O) groups excluding carboxylic acids is 1. The van der Waals surface area contributed by atoms with E-state index in [2.05, 4.69) is 4.84 Å². The van der Waals surface area contributed by atoms with Gasteiger partial charge in [0, 0.05) is 24.7 Å².